The van der Waals surface area contributed by atoms with Crippen LogP contribution >= 0.6 is 0 Å². The number of amides is 1. The Labute approximate surface area is 126 Å². The standard InChI is InChI=1S/C16H24N2O3/c1-13-3-5-14(6-4-13)21-12-9-18(2)15(19)16(17)7-10-20-11-8-16/h3-6H,7-12,17H2,1-2H3. The van der Waals surface area contributed by atoms with E-state index >= 15 is 0 Å². The van der Waals surface area contributed by atoms with Gasteiger partial charge in [-0.25, -0.2) is 0 Å². The van der Waals surface area contributed by atoms with Crippen molar-refractivity contribution in [3.05, 3.63) is 29.8 Å². The van der Waals surface area contributed by atoms with Gasteiger partial charge in [0.1, 0.15) is 12.4 Å². The zero-order valence-electron chi connectivity index (χ0n) is 12.8. The van der Waals surface area contributed by atoms with E-state index in [1.165, 1.54) is 5.56 Å². The summed E-state index contributed by atoms with van der Waals surface area (Å²) in [6.45, 7) is 4.11. The van der Waals surface area contributed by atoms with Crippen LogP contribution in [-0.2, 0) is 9.53 Å². The zero-order chi connectivity index (χ0) is 15.3. The molecular formula is C16H24N2O3. The molecule has 0 bridgehead atoms. The average Bonchev–Trinajstić information content (AvgIpc) is 2.49. The van der Waals surface area contributed by atoms with Crippen molar-refractivity contribution in [1.29, 1.82) is 0 Å². The van der Waals surface area contributed by atoms with E-state index in [4.69, 9.17) is 15.2 Å². The van der Waals surface area contributed by atoms with Crippen molar-refractivity contribution in [2.45, 2.75) is 25.3 Å². The first-order chi connectivity index (χ1) is 10.0. The molecular weight excluding hydrogens is 268 g/mol. The number of benzene rings is 1. The monoisotopic (exact) mass is 292 g/mol. The summed E-state index contributed by atoms with van der Waals surface area (Å²) >= 11 is 0. The van der Waals surface area contributed by atoms with E-state index in [0.29, 0.717) is 39.2 Å². The number of nitrogens with zero attached hydrogens (tertiary/aromatic N) is 1. The highest BCUT2D eigenvalue weighted by Crippen LogP contribution is 2.20. The van der Waals surface area contributed by atoms with Crippen molar-refractivity contribution in [3.8, 4) is 5.75 Å². The molecule has 1 fully saturated rings. The minimum absolute atomic E-state index is 0.0293. The summed E-state index contributed by atoms with van der Waals surface area (Å²) in [5, 5.41) is 0. The van der Waals surface area contributed by atoms with E-state index in [2.05, 4.69) is 0 Å². The molecule has 0 unspecified atom stereocenters. The summed E-state index contributed by atoms with van der Waals surface area (Å²) in [7, 11) is 1.77. The first kappa shape index (κ1) is 15.8. The van der Waals surface area contributed by atoms with Crippen molar-refractivity contribution in [2.24, 2.45) is 5.73 Å². The molecule has 2 N–H and O–H groups in total. The Kier molecular flexibility index (Phi) is 5.20. The molecule has 1 heterocycles. The van der Waals surface area contributed by atoms with E-state index in [0.717, 1.165) is 5.75 Å². The topological polar surface area (TPSA) is 64.8 Å². The Bertz CT molecular complexity index is 467. The molecule has 5 heteroatoms. The van der Waals surface area contributed by atoms with Crippen LogP contribution in [0.15, 0.2) is 24.3 Å². The predicted molar refractivity (Wildman–Crippen MR) is 81.3 cm³/mol. The van der Waals surface area contributed by atoms with E-state index in [-0.39, 0.29) is 5.91 Å². The van der Waals surface area contributed by atoms with Gasteiger partial charge in [0.2, 0.25) is 5.91 Å². The van der Waals surface area contributed by atoms with Crippen molar-refractivity contribution >= 4 is 5.91 Å². The summed E-state index contributed by atoms with van der Waals surface area (Å²) in [5.74, 6) is 0.785. The van der Waals surface area contributed by atoms with Crippen LogP contribution in [0.3, 0.4) is 0 Å². The molecule has 1 saturated heterocycles. The number of carbonyl (C=O) groups is 1. The highest BCUT2D eigenvalue weighted by molar-refractivity contribution is 5.86. The minimum Gasteiger partial charge on any atom is -0.492 e. The number of rotatable bonds is 5. The van der Waals surface area contributed by atoms with E-state index in [1.807, 2.05) is 31.2 Å². The van der Waals surface area contributed by atoms with Crippen LogP contribution < -0.4 is 10.5 Å². The maximum atomic E-state index is 12.4. The predicted octanol–water partition coefficient (Wildman–Crippen LogP) is 1.34. The second-order valence-corrected chi connectivity index (χ2v) is 5.66. The molecule has 2 rings (SSSR count). The third-order valence-electron chi connectivity index (χ3n) is 3.87. The van der Waals surface area contributed by atoms with Gasteiger partial charge >= 0.3 is 0 Å². The fraction of sp³-hybridized carbons (Fsp3) is 0.562. The fourth-order valence-electron chi connectivity index (χ4n) is 2.37. The Morgan fingerprint density at radius 3 is 2.57 bits per heavy atom. The second-order valence-electron chi connectivity index (χ2n) is 5.66. The van der Waals surface area contributed by atoms with Crippen molar-refractivity contribution in [1.82, 2.24) is 4.90 Å². The Hall–Kier alpha value is -1.59. The maximum Gasteiger partial charge on any atom is 0.242 e. The second kappa shape index (κ2) is 6.91. The van der Waals surface area contributed by atoms with Gasteiger partial charge in [-0.3, -0.25) is 4.79 Å². The molecule has 116 valence electrons. The van der Waals surface area contributed by atoms with Crippen molar-refractivity contribution < 1.29 is 14.3 Å². The number of hydrogen-bond acceptors (Lipinski definition) is 4. The first-order valence-corrected chi connectivity index (χ1v) is 7.33. The summed E-state index contributed by atoms with van der Waals surface area (Å²) in [6.07, 6.45) is 1.16. The highest BCUT2D eigenvalue weighted by atomic mass is 16.5. The van der Waals surface area contributed by atoms with Gasteiger partial charge in [-0.15, -0.1) is 0 Å². The van der Waals surface area contributed by atoms with Gasteiger partial charge < -0.3 is 20.1 Å². The summed E-state index contributed by atoms with van der Waals surface area (Å²) in [4.78, 5) is 14.0. The molecule has 5 nitrogen and oxygen atoms in total. The van der Waals surface area contributed by atoms with Crippen LogP contribution in [0.4, 0.5) is 0 Å². The zero-order valence-corrected chi connectivity index (χ0v) is 12.8. The molecule has 1 aliphatic rings. The van der Waals surface area contributed by atoms with Crippen LogP contribution in [0, 0.1) is 6.92 Å². The van der Waals surface area contributed by atoms with Crippen LogP contribution in [0.5, 0.6) is 5.75 Å². The third-order valence-corrected chi connectivity index (χ3v) is 3.87. The Balaban J connectivity index is 1.79. The quantitative estimate of drug-likeness (QED) is 0.889. The Morgan fingerprint density at radius 1 is 1.33 bits per heavy atom. The van der Waals surface area contributed by atoms with Gasteiger partial charge in [0, 0.05) is 20.3 Å². The summed E-state index contributed by atoms with van der Waals surface area (Å²) in [5.41, 5.74) is 6.60. The lowest BCUT2D eigenvalue weighted by Crippen LogP contribution is -2.57. The first-order valence-electron chi connectivity index (χ1n) is 7.33. The maximum absolute atomic E-state index is 12.4. The number of likely N-dealkylation sites (N-methyl/N-ethyl adjacent to an activating group) is 1. The highest BCUT2D eigenvalue weighted by Gasteiger charge is 2.37. The molecule has 1 aromatic rings. The molecule has 0 saturated carbocycles. The SMILES string of the molecule is Cc1ccc(OCCN(C)C(=O)C2(N)CCOCC2)cc1. The molecule has 1 aliphatic heterocycles. The number of aryl methyl sites for hydroxylation is 1. The van der Waals surface area contributed by atoms with Gasteiger partial charge in [0.05, 0.1) is 12.1 Å². The van der Waals surface area contributed by atoms with Crippen LogP contribution in [0.2, 0.25) is 0 Å². The number of hydrogen-bond donors (Lipinski definition) is 1. The number of carbonyl (C=O) groups excluding carboxylic acids is 1. The van der Waals surface area contributed by atoms with Crippen LogP contribution in [0.1, 0.15) is 18.4 Å². The van der Waals surface area contributed by atoms with Gasteiger partial charge in [-0.1, -0.05) is 17.7 Å². The molecule has 0 spiro atoms. The third kappa shape index (κ3) is 4.19. The van der Waals surface area contributed by atoms with E-state index in [9.17, 15) is 4.79 Å². The minimum atomic E-state index is -0.781. The molecule has 0 radical (unpaired) electrons. The molecule has 21 heavy (non-hydrogen) atoms. The lowest BCUT2D eigenvalue weighted by molar-refractivity contribution is -0.139. The Morgan fingerprint density at radius 2 is 1.95 bits per heavy atom. The number of nitrogens with two attached hydrogens (primary N) is 1. The summed E-state index contributed by atoms with van der Waals surface area (Å²) in [6, 6.07) is 7.86. The summed E-state index contributed by atoms with van der Waals surface area (Å²) < 4.78 is 10.9. The smallest absolute Gasteiger partial charge is 0.242 e. The van der Waals surface area contributed by atoms with Crippen LogP contribution in [0.25, 0.3) is 0 Å². The lowest BCUT2D eigenvalue weighted by atomic mass is 9.90. The fourth-order valence-corrected chi connectivity index (χ4v) is 2.37. The van der Waals surface area contributed by atoms with Gasteiger partial charge in [-0.2, -0.15) is 0 Å². The molecule has 1 aromatic carbocycles. The largest absolute Gasteiger partial charge is 0.492 e. The molecule has 0 aliphatic carbocycles. The molecule has 0 atom stereocenters. The average molecular weight is 292 g/mol. The molecule has 0 aromatic heterocycles. The van der Waals surface area contributed by atoms with Crippen molar-refractivity contribution in [3.63, 3.8) is 0 Å². The van der Waals surface area contributed by atoms with Crippen LogP contribution in [-0.4, -0.2) is 49.8 Å². The van der Waals surface area contributed by atoms with Gasteiger partial charge in [0.15, 0.2) is 0 Å². The van der Waals surface area contributed by atoms with Crippen molar-refractivity contribution in [2.75, 3.05) is 33.4 Å². The van der Waals surface area contributed by atoms with E-state index < -0.39 is 5.54 Å². The van der Waals surface area contributed by atoms with E-state index in [1.54, 1.807) is 11.9 Å². The van der Waals surface area contributed by atoms with Gasteiger partial charge in [-0.05, 0) is 31.9 Å². The normalized spacial score (nSPS) is 17.3. The van der Waals surface area contributed by atoms with Gasteiger partial charge in [0.25, 0.3) is 0 Å². The number of ether oxygens (including phenoxy) is 2. The lowest BCUT2D eigenvalue weighted by Gasteiger charge is -2.35. The molecule has 1 amide bonds.